The molecule has 1 aliphatic heterocycles. The van der Waals surface area contributed by atoms with Crippen LogP contribution in [0.3, 0.4) is 0 Å². The lowest BCUT2D eigenvalue weighted by Gasteiger charge is -2.34. The number of aliphatic imine (C=N–C) groups is 1. The second-order valence-corrected chi connectivity index (χ2v) is 9.99. The van der Waals surface area contributed by atoms with Gasteiger partial charge in [-0.3, -0.25) is 4.99 Å². The first kappa shape index (κ1) is 26.4. The molecule has 0 bridgehead atoms. The number of anilines is 1. The highest BCUT2D eigenvalue weighted by molar-refractivity contribution is 14.0. The third-order valence-electron chi connectivity index (χ3n) is 5.40. The summed E-state index contributed by atoms with van der Waals surface area (Å²) >= 11 is 0. The van der Waals surface area contributed by atoms with Gasteiger partial charge in [0.2, 0.25) is 0 Å². The highest BCUT2D eigenvalue weighted by Gasteiger charge is 2.21. The molecule has 7 nitrogen and oxygen atoms in total. The molecule has 176 valence electrons. The summed E-state index contributed by atoms with van der Waals surface area (Å²) in [4.78, 5) is 12.0. The molecule has 2 N–H and O–H groups in total. The number of piperidine rings is 1. The molecule has 0 radical (unpaired) electrons. The zero-order valence-corrected chi connectivity index (χ0v) is 22.2. The van der Waals surface area contributed by atoms with Crippen molar-refractivity contribution in [2.75, 3.05) is 37.3 Å². The molecule has 0 aliphatic carbocycles. The average Bonchev–Trinajstić information content (AvgIpc) is 2.74. The van der Waals surface area contributed by atoms with Crippen molar-refractivity contribution in [2.45, 2.75) is 44.0 Å². The van der Waals surface area contributed by atoms with Crippen LogP contribution in [0.15, 0.2) is 52.4 Å². The van der Waals surface area contributed by atoms with E-state index in [1.54, 1.807) is 12.1 Å². The number of rotatable bonds is 7. The SMILES string of the molecule is CCNC(=NCCc1ccc(S(C)(=O)=O)cc1)NC1CCN(c2cccc(C)n2)CC1.I. The highest BCUT2D eigenvalue weighted by Crippen LogP contribution is 2.18. The Bertz CT molecular complexity index is 988. The molecular formula is C23H34IN5O2S. The van der Waals surface area contributed by atoms with E-state index < -0.39 is 9.84 Å². The Kier molecular flexibility index (Phi) is 10.2. The van der Waals surface area contributed by atoms with Gasteiger partial charge in [0, 0.05) is 44.2 Å². The topological polar surface area (TPSA) is 86.7 Å². The van der Waals surface area contributed by atoms with Crippen LogP contribution >= 0.6 is 24.0 Å². The number of nitrogens with zero attached hydrogens (tertiary/aromatic N) is 3. The summed E-state index contributed by atoms with van der Waals surface area (Å²) in [7, 11) is -3.16. The lowest BCUT2D eigenvalue weighted by Crippen LogP contribution is -2.49. The van der Waals surface area contributed by atoms with E-state index in [1.165, 1.54) is 6.26 Å². The highest BCUT2D eigenvalue weighted by atomic mass is 127. The lowest BCUT2D eigenvalue weighted by atomic mass is 10.1. The van der Waals surface area contributed by atoms with Crippen molar-refractivity contribution in [1.29, 1.82) is 0 Å². The lowest BCUT2D eigenvalue weighted by molar-refractivity contribution is 0.459. The van der Waals surface area contributed by atoms with Gasteiger partial charge in [0.05, 0.1) is 4.90 Å². The smallest absolute Gasteiger partial charge is 0.191 e. The van der Waals surface area contributed by atoms with Crippen molar-refractivity contribution in [3.63, 3.8) is 0 Å². The minimum absolute atomic E-state index is 0. The number of hydrogen-bond donors (Lipinski definition) is 2. The summed E-state index contributed by atoms with van der Waals surface area (Å²) in [5.74, 6) is 1.89. The summed E-state index contributed by atoms with van der Waals surface area (Å²) in [6, 6.07) is 13.6. The molecule has 1 aliphatic rings. The predicted molar refractivity (Wildman–Crippen MR) is 142 cm³/mol. The van der Waals surface area contributed by atoms with E-state index in [-0.39, 0.29) is 24.0 Å². The van der Waals surface area contributed by atoms with Gasteiger partial charge in [-0.2, -0.15) is 0 Å². The number of sulfone groups is 1. The van der Waals surface area contributed by atoms with Gasteiger partial charge in [-0.25, -0.2) is 13.4 Å². The van der Waals surface area contributed by atoms with Crippen LogP contribution in [0, 0.1) is 6.92 Å². The Morgan fingerprint density at radius 3 is 2.44 bits per heavy atom. The molecule has 2 aromatic rings. The summed E-state index contributed by atoms with van der Waals surface area (Å²) < 4.78 is 23.2. The molecule has 0 spiro atoms. The third kappa shape index (κ3) is 7.91. The number of pyridine rings is 1. The summed E-state index contributed by atoms with van der Waals surface area (Å²) in [5, 5.41) is 6.90. The Morgan fingerprint density at radius 1 is 1.16 bits per heavy atom. The molecule has 1 fully saturated rings. The summed E-state index contributed by atoms with van der Waals surface area (Å²) in [6.45, 7) is 7.48. The predicted octanol–water partition coefficient (Wildman–Crippen LogP) is 3.18. The van der Waals surface area contributed by atoms with Gasteiger partial charge in [-0.05, 0) is 62.9 Å². The second-order valence-electron chi connectivity index (χ2n) is 7.97. The summed E-state index contributed by atoms with van der Waals surface area (Å²) in [5.41, 5.74) is 2.12. The Hall–Kier alpha value is -1.88. The van der Waals surface area contributed by atoms with Crippen molar-refractivity contribution in [3.05, 3.63) is 53.7 Å². The quantitative estimate of drug-likeness (QED) is 0.302. The van der Waals surface area contributed by atoms with Crippen molar-refractivity contribution in [3.8, 4) is 0 Å². The maximum Gasteiger partial charge on any atom is 0.191 e. The van der Waals surface area contributed by atoms with Gasteiger partial charge >= 0.3 is 0 Å². The zero-order chi connectivity index (χ0) is 22.3. The van der Waals surface area contributed by atoms with Crippen LogP contribution in [-0.4, -0.2) is 57.8 Å². The number of nitrogens with one attached hydrogen (secondary N) is 2. The largest absolute Gasteiger partial charge is 0.357 e. The standard InChI is InChI=1S/C23H33N5O2S.HI/c1-4-24-23(25-15-12-19-8-10-21(11-9-19)31(3,29)30)27-20-13-16-28(17-14-20)22-7-5-6-18(2)26-22;/h5-11,20H,4,12-17H2,1-3H3,(H2,24,25,27);1H. The fourth-order valence-corrected chi connectivity index (χ4v) is 4.30. The number of benzene rings is 1. The van der Waals surface area contributed by atoms with Crippen molar-refractivity contribution < 1.29 is 8.42 Å². The van der Waals surface area contributed by atoms with Crippen LogP contribution < -0.4 is 15.5 Å². The normalized spacial score (nSPS) is 15.2. The first-order chi connectivity index (χ1) is 14.8. The minimum Gasteiger partial charge on any atom is -0.357 e. The molecule has 0 atom stereocenters. The molecule has 1 aromatic carbocycles. The molecule has 1 aromatic heterocycles. The molecule has 2 heterocycles. The molecule has 0 unspecified atom stereocenters. The van der Waals surface area contributed by atoms with E-state index in [0.717, 1.165) is 61.9 Å². The number of halogens is 1. The van der Waals surface area contributed by atoms with E-state index in [9.17, 15) is 8.42 Å². The van der Waals surface area contributed by atoms with Gasteiger partial charge in [0.25, 0.3) is 0 Å². The zero-order valence-electron chi connectivity index (χ0n) is 19.0. The Balaban J connectivity index is 0.00000363. The van der Waals surface area contributed by atoms with E-state index >= 15 is 0 Å². The van der Waals surface area contributed by atoms with E-state index in [0.29, 0.717) is 17.5 Å². The van der Waals surface area contributed by atoms with Gasteiger partial charge in [-0.15, -0.1) is 24.0 Å². The van der Waals surface area contributed by atoms with E-state index in [4.69, 9.17) is 4.99 Å². The molecule has 9 heteroatoms. The van der Waals surface area contributed by atoms with Crippen LogP contribution in [0.25, 0.3) is 0 Å². The fraction of sp³-hybridized carbons (Fsp3) is 0.478. The summed E-state index contributed by atoms with van der Waals surface area (Å²) in [6.07, 6.45) is 4.06. The maximum atomic E-state index is 11.6. The van der Waals surface area contributed by atoms with Crippen LogP contribution in [0.2, 0.25) is 0 Å². The van der Waals surface area contributed by atoms with Crippen LogP contribution in [-0.2, 0) is 16.3 Å². The maximum absolute atomic E-state index is 11.6. The molecular weight excluding hydrogens is 537 g/mol. The number of aromatic nitrogens is 1. The van der Waals surface area contributed by atoms with Gasteiger partial charge in [0.15, 0.2) is 15.8 Å². The van der Waals surface area contributed by atoms with Crippen LogP contribution in [0.1, 0.15) is 31.0 Å². The monoisotopic (exact) mass is 571 g/mol. The molecule has 0 saturated carbocycles. The third-order valence-corrected chi connectivity index (χ3v) is 6.53. The van der Waals surface area contributed by atoms with Gasteiger partial charge in [0.1, 0.15) is 5.82 Å². The van der Waals surface area contributed by atoms with Crippen molar-refractivity contribution in [1.82, 2.24) is 15.6 Å². The average molecular weight is 572 g/mol. The number of guanidine groups is 1. The van der Waals surface area contributed by atoms with Gasteiger partial charge < -0.3 is 15.5 Å². The van der Waals surface area contributed by atoms with E-state index in [1.807, 2.05) is 25.1 Å². The Morgan fingerprint density at radius 2 is 1.84 bits per heavy atom. The second kappa shape index (κ2) is 12.4. The first-order valence-electron chi connectivity index (χ1n) is 10.9. The first-order valence-corrected chi connectivity index (χ1v) is 12.8. The Labute approximate surface area is 209 Å². The fourth-order valence-electron chi connectivity index (χ4n) is 3.67. The molecule has 0 amide bonds. The number of hydrogen-bond acceptors (Lipinski definition) is 5. The van der Waals surface area contributed by atoms with Crippen molar-refractivity contribution in [2.24, 2.45) is 4.99 Å². The van der Waals surface area contributed by atoms with E-state index in [2.05, 4.69) is 39.6 Å². The molecule has 3 rings (SSSR count). The number of aryl methyl sites for hydroxylation is 1. The van der Waals surface area contributed by atoms with Crippen LogP contribution in [0.5, 0.6) is 0 Å². The molecule has 1 saturated heterocycles. The molecule has 32 heavy (non-hydrogen) atoms. The van der Waals surface area contributed by atoms with Crippen molar-refractivity contribution >= 4 is 45.6 Å². The van der Waals surface area contributed by atoms with Gasteiger partial charge in [-0.1, -0.05) is 18.2 Å². The minimum atomic E-state index is -3.16. The van der Waals surface area contributed by atoms with Crippen LogP contribution in [0.4, 0.5) is 5.82 Å².